The van der Waals surface area contributed by atoms with Crippen LogP contribution in [0.15, 0.2) is 30.5 Å². The molecule has 0 spiro atoms. The largest absolute Gasteiger partial charge is 0.390 e. The lowest BCUT2D eigenvalue weighted by Gasteiger charge is -2.60. The average molecular weight is 419 g/mol. The summed E-state index contributed by atoms with van der Waals surface area (Å²) in [7, 11) is 0. The summed E-state index contributed by atoms with van der Waals surface area (Å²) in [6.07, 6.45) is 7.89. The van der Waals surface area contributed by atoms with Gasteiger partial charge >= 0.3 is 0 Å². The summed E-state index contributed by atoms with van der Waals surface area (Å²) in [5, 5.41) is 23.3. The van der Waals surface area contributed by atoms with Crippen molar-refractivity contribution >= 4 is 17.1 Å². The predicted molar refractivity (Wildman–Crippen MR) is 119 cm³/mol. The second-order valence-electron chi connectivity index (χ2n) is 11.3. The van der Waals surface area contributed by atoms with Crippen molar-refractivity contribution in [2.75, 3.05) is 5.32 Å². The van der Waals surface area contributed by atoms with E-state index >= 15 is 0 Å². The van der Waals surface area contributed by atoms with Crippen LogP contribution in [0.2, 0.25) is 0 Å². The van der Waals surface area contributed by atoms with Gasteiger partial charge in [-0.15, -0.1) is 5.10 Å². The highest BCUT2D eigenvalue weighted by atomic mass is 16.3. The van der Waals surface area contributed by atoms with Gasteiger partial charge in [0.05, 0.1) is 17.5 Å². The van der Waals surface area contributed by atoms with Gasteiger partial charge in [0.25, 0.3) is 0 Å². The second-order valence-corrected chi connectivity index (χ2v) is 11.3. The highest BCUT2D eigenvalue weighted by Crippen LogP contribution is 2.58. The molecule has 0 radical (unpaired) electrons. The number of nitrogens with zero attached hydrogens (tertiary/aromatic N) is 5. The zero-order valence-electron chi connectivity index (χ0n) is 18.5. The van der Waals surface area contributed by atoms with Crippen LogP contribution in [0.3, 0.4) is 0 Å². The van der Waals surface area contributed by atoms with E-state index in [0.717, 1.165) is 37.8 Å². The molecule has 2 aromatic heterocycles. The standard InChI is InChI=1S/C24H30N6O/c1-22(2,3)17-4-6-18(7-5-17)30-20-19(28-29-30)13-25-21(26-20)27-23-9-15-8-16(10-23)12-24(31,11-15)14-23/h4-7,13,15-16,31H,8-12,14H2,1-3H3,(H,25,26,27). The first-order chi connectivity index (χ1) is 14.7. The van der Waals surface area contributed by atoms with E-state index in [9.17, 15) is 5.11 Å². The van der Waals surface area contributed by atoms with E-state index in [-0.39, 0.29) is 11.0 Å². The SMILES string of the molecule is CC(C)(C)c1ccc(-n2nnc3cnc(NC45CC6CC(CC(O)(C6)C4)C5)nc32)cc1. The Labute approximate surface area is 182 Å². The van der Waals surface area contributed by atoms with Crippen LogP contribution in [0, 0.1) is 11.8 Å². The van der Waals surface area contributed by atoms with Gasteiger partial charge in [-0.05, 0) is 73.5 Å². The maximum absolute atomic E-state index is 11.1. The molecule has 4 aliphatic rings. The van der Waals surface area contributed by atoms with Crippen molar-refractivity contribution in [3.63, 3.8) is 0 Å². The van der Waals surface area contributed by atoms with Gasteiger partial charge in [0, 0.05) is 5.54 Å². The summed E-state index contributed by atoms with van der Waals surface area (Å²) in [4.78, 5) is 9.36. The molecular formula is C24H30N6O. The summed E-state index contributed by atoms with van der Waals surface area (Å²) in [5.41, 5.74) is 3.07. The molecule has 4 aliphatic carbocycles. The van der Waals surface area contributed by atoms with E-state index in [1.165, 1.54) is 12.0 Å². The van der Waals surface area contributed by atoms with Gasteiger partial charge in [0.2, 0.25) is 5.95 Å². The lowest BCUT2D eigenvalue weighted by molar-refractivity contribution is -0.127. The van der Waals surface area contributed by atoms with Crippen LogP contribution in [0.5, 0.6) is 0 Å². The number of hydrogen-bond donors (Lipinski definition) is 2. The normalized spacial score (nSPS) is 32.0. The Bertz CT molecular complexity index is 1130. The van der Waals surface area contributed by atoms with Crippen LogP contribution < -0.4 is 5.32 Å². The fourth-order valence-corrected chi connectivity index (χ4v) is 6.66. The maximum Gasteiger partial charge on any atom is 0.225 e. The third-order valence-corrected chi connectivity index (χ3v) is 7.58. The Hall–Kier alpha value is -2.54. The van der Waals surface area contributed by atoms with Gasteiger partial charge in [-0.1, -0.05) is 38.1 Å². The molecule has 2 N–H and O–H groups in total. The molecular weight excluding hydrogens is 388 g/mol. The topological polar surface area (TPSA) is 88.8 Å². The van der Waals surface area contributed by atoms with E-state index in [1.54, 1.807) is 10.9 Å². The van der Waals surface area contributed by atoms with Crippen molar-refractivity contribution in [3.8, 4) is 5.69 Å². The van der Waals surface area contributed by atoms with E-state index < -0.39 is 5.60 Å². The van der Waals surface area contributed by atoms with Crippen LogP contribution in [-0.4, -0.2) is 41.2 Å². The number of aromatic nitrogens is 5. The molecule has 1 aromatic carbocycles. The molecule has 0 saturated heterocycles. The zero-order valence-corrected chi connectivity index (χ0v) is 18.5. The Morgan fingerprint density at radius 1 is 1.06 bits per heavy atom. The van der Waals surface area contributed by atoms with Gasteiger partial charge in [0.15, 0.2) is 11.2 Å². The Kier molecular flexibility index (Phi) is 3.86. The first-order valence-electron chi connectivity index (χ1n) is 11.4. The Morgan fingerprint density at radius 2 is 1.77 bits per heavy atom. The van der Waals surface area contributed by atoms with Crippen LogP contribution >= 0.6 is 0 Å². The van der Waals surface area contributed by atoms with Crippen molar-refractivity contribution in [2.24, 2.45) is 11.8 Å². The zero-order chi connectivity index (χ0) is 21.4. The van der Waals surface area contributed by atoms with Crippen molar-refractivity contribution in [1.82, 2.24) is 25.0 Å². The number of rotatable bonds is 3. The summed E-state index contributed by atoms with van der Waals surface area (Å²) in [5.74, 6) is 1.82. The third-order valence-electron chi connectivity index (χ3n) is 7.58. The fraction of sp³-hybridized carbons (Fsp3) is 0.583. The van der Waals surface area contributed by atoms with Gasteiger partial charge in [-0.3, -0.25) is 0 Å². The number of nitrogens with one attached hydrogen (secondary N) is 1. The highest BCUT2D eigenvalue weighted by molar-refractivity contribution is 5.72. The lowest BCUT2D eigenvalue weighted by atomic mass is 9.51. The van der Waals surface area contributed by atoms with Gasteiger partial charge in [0.1, 0.15) is 0 Å². The van der Waals surface area contributed by atoms with Crippen molar-refractivity contribution in [3.05, 3.63) is 36.0 Å². The van der Waals surface area contributed by atoms with Crippen LogP contribution in [-0.2, 0) is 5.41 Å². The molecule has 7 rings (SSSR count). The smallest absolute Gasteiger partial charge is 0.225 e. The second kappa shape index (κ2) is 6.25. The summed E-state index contributed by atoms with van der Waals surface area (Å²) in [6, 6.07) is 8.41. The van der Waals surface area contributed by atoms with E-state index in [0.29, 0.717) is 28.9 Å². The van der Waals surface area contributed by atoms with Gasteiger partial charge < -0.3 is 10.4 Å². The monoisotopic (exact) mass is 418 g/mol. The van der Waals surface area contributed by atoms with Crippen molar-refractivity contribution in [1.29, 1.82) is 0 Å². The molecule has 7 nitrogen and oxygen atoms in total. The molecule has 4 saturated carbocycles. The lowest BCUT2D eigenvalue weighted by Crippen LogP contribution is -2.62. The first kappa shape index (κ1) is 19.2. The van der Waals surface area contributed by atoms with Crippen LogP contribution in [0.1, 0.15) is 64.9 Å². The minimum atomic E-state index is -0.515. The molecule has 4 fully saturated rings. The minimum absolute atomic E-state index is 0.0981. The third kappa shape index (κ3) is 3.21. The van der Waals surface area contributed by atoms with Gasteiger partial charge in [-0.2, -0.15) is 9.67 Å². The molecule has 162 valence electrons. The minimum Gasteiger partial charge on any atom is -0.390 e. The number of aliphatic hydroxyl groups is 1. The maximum atomic E-state index is 11.1. The quantitative estimate of drug-likeness (QED) is 0.668. The molecule has 2 heterocycles. The first-order valence-corrected chi connectivity index (χ1v) is 11.4. The Morgan fingerprint density at radius 3 is 2.42 bits per heavy atom. The number of fused-ring (bicyclic) bond motifs is 1. The predicted octanol–water partition coefficient (Wildman–Crippen LogP) is 4.00. The van der Waals surface area contributed by atoms with E-state index in [4.69, 9.17) is 4.98 Å². The average Bonchev–Trinajstić information content (AvgIpc) is 3.08. The van der Waals surface area contributed by atoms with Crippen LogP contribution in [0.4, 0.5) is 5.95 Å². The van der Waals surface area contributed by atoms with Crippen molar-refractivity contribution < 1.29 is 5.11 Å². The summed E-state index contributed by atoms with van der Waals surface area (Å²) in [6.45, 7) is 6.62. The molecule has 2 unspecified atom stereocenters. The number of hydrogen-bond acceptors (Lipinski definition) is 6. The summed E-state index contributed by atoms with van der Waals surface area (Å²) < 4.78 is 1.78. The number of anilines is 1. The molecule has 7 heteroatoms. The Balaban J connectivity index is 1.33. The van der Waals surface area contributed by atoms with E-state index in [1.807, 2.05) is 0 Å². The molecule has 0 amide bonds. The van der Waals surface area contributed by atoms with Crippen LogP contribution in [0.25, 0.3) is 16.9 Å². The highest BCUT2D eigenvalue weighted by Gasteiger charge is 2.57. The summed E-state index contributed by atoms with van der Waals surface area (Å²) >= 11 is 0. The van der Waals surface area contributed by atoms with E-state index in [2.05, 4.69) is 65.6 Å². The fourth-order valence-electron chi connectivity index (χ4n) is 6.66. The molecule has 31 heavy (non-hydrogen) atoms. The van der Waals surface area contributed by atoms with Crippen molar-refractivity contribution in [2.45, 2.75) is 75.9 Å². The molecule has 2 atom stereocenters. The molecule has 3 aromatic rings. The number of benzene rings is 1. The molecule has 0 aliphatic heterocycles. The molecule has 4 bridgehead atoms. The van der Waals surface area contributed by atoms with Gasteiger partial charge in [-0.25, -0.2) is 4.98 Å².